The number of rotatable bonds is 7. The normalized spacial score (nSPS) is 13.3. The van der Waals surface area contributed by atoms with Crippen molar-refractivity contribution < 1.29 is 9.47 Å². The maximum absolute atomic E-state index is 5.97. The Morgan fingerprint density at radius 1 is 0.969 bits per heavy atom. The molecule has 32 heavy (non-hydrogen) atoms. The SMILES string of the molecule is CC(C)[Si](C#Cc1cc2c(cc1CCNc1cc(Cl)ncn1)OCCO2)(C(C)C)C(C)C. The summed E-state index contributed by atoms with van der Waals surface area (Å²) in [6.07, 6.45) is 2.24. The molecule has 1 aromatic heterocycles. The van der Waals surface area contributed by atoms with Crippen molar-refractivity contribution in [2.75, 3.05) is 25.1 Å². The van der Waals surface area contributed by atoms with Crippen molar-refractivity contribution in [3.05, 3.63) is 40.8 Å². The first-order valence-corrected chi connectivity index (χ1v) is 14.0. The first-order valence-electron chi connectivity index (χ1n) is 11.4. The molecule has 7 heteroatoms. The van der Waals surface area contributed by atoms with E-state index in [1.807, 2.05) is 0 Å². The fourth-order valence-corrected chi connectivity index (χ4v) is 10.2. The van der Waals surface area contributed by atoms with Gasteiger partial charge >= 0.3 is 0 Å². The number of benzene rings is 1. The van der Waals surface area contributed by atoms with Gasteiger partial charge in [0.25, 0.3) is 0 Å². The van der Waals surface area contributed by atoms with Crippen molar-refractivity contribution in [3.8, 4) is 23.0 Å². The van der Waals surface area contributed by atoms with E-state index in [0.717, 1.165) is 29.0 Å². The van der Waals surface area contributed by atoms with Crippen LogP contribution < -0.4 is 14.8 Å². The van der Waals surface area contributed by atoms with Crippen LogP contribution in [0.2, 0.25) is 21.8 Å². The minimum absolute atomic E-state index is 0.422. The van der Waals surface area contributed by atoms with Gasteiger partial charge in [0, 0.05) is 18.2 Å². The van der Waals surface area contributed by atoms with Crippen LogP contribution in [-0.2, 0) is 6.42 Å². The number of aromatic nitrogens is 2. The second-order valence-electron chi connectivity index (χ2n) is 9.20. The molecule has 0 bridgehead atoms. The van der Waals surface area contributed by atoms with Crippen molar-refractivity contribution in [3.63, 3.8) is 0 Å². The monoisotopic (exact) mass is 471 g/mol. The van der Waals surface area contributed by atoms with E-state index in [4.69, 9.17) is 21.1 Å². The number of hydrogen-bond donors (Lipinski definition) is 1. The lowest BCUT2D eigenvalue weighted by atomic mass is 10.0. The Balaban J connectivity index is 1.93. The van der Waals surface area contributed by atoms with E-state index in [1.54, 1.807) is 6.07 Å². The van der Waals surface area contributed by atoms with Gasteiger partial charge in [-0.05, 0) is 40.7 Å². The summed E-state index contributed by atoms with van der Waals surface area (Å²) in [5.74, 6) is 5.89. The standard InChI is InChI=1S/C25H34ClN3O2Si/c1-17(2)32(18(3)4,19(5)6)12-8-21-14-23-22(30-10-11-31-23)13-20(21)7-9-27-25-15-24(26)28-16-29-25/h13-19H,7,9-11H2,1-6H3,(H,27,28,29). The summed E-state index contributed by atoms with van der Waals surface area (Å²) in [6, 6.07) is 5.86. The molecule has 1 N–H and O–H groups in total. The highest BCUT2D eigenvalue weighted by atomic mass is 35.5. The summed E-state index contributed by atoms with van der Waals surface area (Å²) in [6.45, 7) is 15.8. The summed E-state index contributed by atoms with van der Waals surface area (Å²) in [4.78, 5) is 8.14. The molecule has 0 saturated heterocycles. The molecular weight excluding hydrogens is 438 g/mol. The van der Waals surface area contributed by atoms with Gasteiger partial charge in [0.2, 0.25) is 0 Å². The van der Waals surface area contributed by atoms with E-state index < -0.39 is 8.07 Å². The summed E-state index contributed by atoms with van der Waals surface area (Å²) < 4.78 is 11.7. The van der Waals surface area contributed by atoms with Gasteiger partial charge in [-0.2, -0.15) is 0 Å². The van der Waals surface area contributed by atoms with Crippen LogP contribution in [0, 0.1) is 11.5 Å². The predicted molar refractivity (Wildman–Crippen MR) is 135 cm³/mol. The van der Waals surface area contributed by atoms with E-state index in [9.17, 15) is 0 Å². The Labute approximate surface area is 198 Å². The van der Waals surface area contributed by atoms with Gasteiger partial charge in [-0.15, -0.1) is 5.54 Å². The number of hydrogen-bond acceptors (Lipinski definition) is 5. The van der Waals surface area contributed by atoms with Crippen LogP contribution in [0.3, 0.4) is 0 Å². The first-order chi connectivity index (χ1) is 15.2. The van der Waals surface area contributed by atoms with Crippen LogP contribution in [0.4, 0.5) is 5.82 Å². The lowest BCUT2D eigenvalue weighted by molar-refractivity contribution is 0.171. The summed E-state index contributed by atoms with van der Waals surface area (Å²) in [7, 11) is -1.84. The van der Waals surface area contributed by atoms with Crippen molar-refractivity contribution in [2.24, 2.45) is 0 Å². The molecule has 2 aromatic rings. The molecule has 3 rings (SSSR count). The summed E-state index contributed by atoms with van der Waals surface area (Å²) in [5.41, 5.74) is 7.76. The topological polar surface area (TPSA) is 56.3 Å². The number of fused-ring (bicyclic) bond motifs is 1. The molecule has 0 fully saturated rings. The molecule has 0 radical (unpaired) electrons. The lowest BCUT2D eigenvalue weighted by Crippen LogP contribution is -2.43. The third kappa shape index (κ3) is 5.39. The minimum Gasteiger partial charge on any atom is -0.486 e. The van der Waals surface area contributed by atoms with Crippen molar-refractivity contribution in [1.82, 2.24) is 9.97 Å². The van der Waals surface area contributed by atoms with Gasteiger partial charge < -0.3 is 14.8 Å². The van der Waals surface area contributed by atoms with Crippen LogP contribution in [0.5, 0.6) is 11.5 Å². The van der Waals surface area contributed by atoms with Gasteiger partial charge in [-0.25, -0.2) is 9.97 Å². The number of halogens is 1. The average Bonchev–Trinajstić information content (AvgIpc) is 2.73. The Kier molecular flexibility index (Phi) is 8.08. The zero-order valence-electron chi connectivity index (χ0n) is 20.0. The molecule has 0 aliphatic carbocycles. The number of nitrogens with one attached hydrogen (secondary N) is 1. The molecule has 5 nitrogen and oxygen atoms in total. The van der Waals surface area contributed by atoms with Crippen LogP contribution in [-0.4, -0.2) is 37.8 Å². The van der Waals surface area contributed by atoms with Gasteiger partial charge in [-0.1, -0.05) is 59.1 Å². The highest BCUT2D eigenvalue weighted by Gasteiger charge is 2.41. The Hall–Kier alpha value is -2.23. The zero-order chi connectivity index (χ0) is 23.3. The molecule has 0 unspecified atom stereocenters. The second kappa shape index (κ2) is 10.6. The largest absolute Gasteiger partial charge is 0.486 e. The molecule has 2 heterocycles. The molecule has 0 saturated carbocycles. The van der Waals surface area contributed by atoms with Crippen LogP contribution >= 0.6 is 11.6 Å². The molecule has 1 aromatic carbocycles. The molecule has 0 atom stereocenters. The molecule has 1 aliphatic rings. The quantitative estimate of drug-likeness (QED) is 0.299. The van der Waals surface area contributed by atoms with E-state index in [1.165, 1.54) is 6.33 Å². The van der Waals surface area contributed by atoms with Gasteiger partial charge in [0.15, 0.2) is 11.5 Å². The lowest BCUT2D eigenvalue weighted by Gasteiger charge is -2.38. The number of ether oxygens (including phenoxy) is 2. The highest BCUT2D eigenvalue weighted by molar-refractivity contribution is 6.90. The van der Waals surface area contributed by atoms with E-state index in [2.05, 4.69) is 80.4 Å². The maximum atomic E-state index is 5.97. The van der Waals surface area contributed by atoms with Crippen molar-refractivity contribution >= 4 is 25.5 Å². The van der Waals surface area contributed by atoms with E-state index in [-0.39, 0.29) is 0 Å². The fraction of sp³-hybridized carbons (Fsp3) is 0.520. The third-order valence-corrected chi connectivity index (χ3v) is 12.9. The number of anilines is 1. The van der Waals surface area contributed by atoms with Crippen molar-refractivity contribution in [2.45, 2.75) is 64.6 Å². The Morgan fingerprint density at radius 3 is 2.19 bits per heavy atom. The summed E-state index contributed by atoms with van der Waals surface area (Å²) >= 11 is 5.97. The average molecular weight is 472 g/mol. The fourth-order valence-electron chi connectivity index (χ4n) is 4.82. The van der Waals surface area contributed by atoms with Gasteiger partial charge in [0.05, 0.1) is 0 Å². The second-order valence-corrected chi connectivity index (χ2v) is 15.2. The maximum Gasteiger partial charge on any atom is 0.162 e. The molecule has 1 aliphatic heterocycles. The van der Waals surface area contributed by atoms with E-state index >= 15 is 0 Å². The highest BCUT2D eigenvalue weighted by Crippen LogP contribution is 2.41. The molecular formula is C25H34ClN3O2Si. The van der Waals surface area contributed by atoms with Gasteiger partial charge in [0.1, 0.15) is 38.6 Å². The minimum atomic E-state index is -1.84. The van der Waals surface area contributed by atoms with Crippen LogP contribution in [0.25, 0.3) is 0 Å². The van der Waals surface area contributed by atoms with Gasteiger partial charge in [-0.3, -0.25) is 0 Å². The smallest absolute Gasteiger partial charge is 0.162 e. The first kappa shape index (κ1) is 24.4. The van der Waals surface area contributed by atoms with Crippen LogP contribution in [0.1, 0.15) is 52.7 Å². The molecule has 172 valence electrons. The van der Waals surface area contributed by atoms with E-state index in [0.29, 0.717) is 47.4 Å². The summed E-state index contributed by atoms with van der Waals surface area (Å²) in [5, 5.41) is 3.74. The predicted octanol–water partition coefficient (Wildman–Crippen LogP) is 6.13. The Morgan fingerprint density at radius 2 is 1.59 bits per heavy atom. The zero-order valence-corrected chi connectivity index (χ0v) is 21.7. The van der Waals surface area contributed by atoms with Crippen molar-refractivity contribution in [1.29, 1.82) is 0 Å². The molecule has 0 spiro atoms. The molecule has 0 amide bonds. The number of nitrogens with zero attached hydrogens (tertiary/aromatic N) is 2. The third-order valence-electron chi connectivity index (χ3n) is 6.38. The Bertz CT molecular complexity index is 977. The van der Waals surface area contributed by atoms with Crippen LogP contribution in [0.15, 0.2) is 24.5 Å².